The summed E-state index contributed by atoms with van der Waals surface area (Å²) in [6.45, 7) is 3.72. The molecule has 2 atom stereocenters. The van der Waals surface area contributed by atoms with Gasteiger partial charge in [-0.05, 0) is 48.8 Å². The number of ether oxygens (including phenoxy) is 3. The van der Waals surface area contributed by atoms with Crippen LogP contribution < -0.4 is 10.6 Å². The zero-order chi connectivity index (χ0) is 28.9. The summed E-state index contributed by atoms with van der Waals surface area (Å²) in [6.07, 6.45) is -1.79. The summed E-state index contributed by atoms with van der Waals surface area (Å²) >= 11 is 0. The minimum Gasteiger partial charge on any atom is -0.442 e. The van der Waals surface area contributed by atoms with E-state index in [1.807, 2.05) is 13.8 Å². The fourth-order valence-electron chi connectivity index (χ4n) is 4.51. The molecule has 15 heteroatoms. The molecule has 0 aliphatic carbocycles. The van der Waals surface area contributed by atoms with Gasteiger partial charge in [0.2, 0.25) is 12.7 Å². The van der Waals surface area contributed by atoms with E-state index < -0.39 is 58.7 Å². The molecule has 224 valence electrons. The molecule has 2 aliphatic heterocycles. The van der Waals surface area contributed by atoms with Crippen LogP contribution in [0.2, 0.25) is 0 Å². The Morgan fingerprint density at radius 2 is 1.85 bits per heavy atom. The van der Waals surface area contributed by atoms with Crippen LogP contribution in [-0.2, 0) is 33.6 Å². The quantitative estimate of drug-likeness (QED) is 0.326. The van der Waals surface area contributed by atoms with Crippen LogP contribution in [0, 0.1) is 11.7 Å². The molecule has 2 aliphatic rings. The van der Waals surface area contributed by atoms with Gasteiger partial charge in [-0.15, -0.1) is 12.4 Å². The van der Waals surface area contributed by atoms with E-state index in [2.05, 4.69) is 0 Å². The molecule has 1 aromatic rings. The van der Waals surface area contributed by atoms with Crippen LogP contribution in [-0.4, -0.2) is 80.9 Å². The Bertz CT molecular complexity index is 1200. The summed E-state index contributed by atoms with van der Waals surface area (Å²) in [5.74, 6) is -2.08. The minimum absolute atomic E-state index is 0. The van der Waals surface area contributed by atoms with Crippen molar-refractivity contribution in [2.24, 2.45) is 11.7 Å². The maximum Gasteiger partial charge on any atom is 0.419 e. The first-order valence-electron chi connectivity index (χ1n) is 12.6. The first-order chi connectivity index (χ1) is 18.3. The van der Waals surface area contributed by atoms with Crippen LogP contribution in [0.25, 0.3) is 0 Å². The number of esters is 1. The third kappa shape index (κ3) is 8.77. The molecule has 2 heterocycles. The third-order valence-corrected chi connectivity index (χ3v) is 8.28. The summed E-state index contributed by atoms with van der Waals surface area (Å²) in [5, 5.41) is 0. The van der Waals surface area contributed by atoms with Crippen molar-refractivity contribution >= 4 is 52.0 Å². The number of cyclic esters (lactones) is 1. The number of hydrogen-bond acceptors (Lipinski definition) is 10. The van der Waals surface area contributed by atoms with Crippen LogP contribution in [0.15, 0.2) is 18.2 Å². The number of sulfone groups is 1. The molecule has 0 aromatic heterocycles. The summed E-state index contributed by atoms with van der Waals surface area (Å²) < 4.78 is 53.3. The van der Waals surface area contributed by atoms with Gasteiger partial charge in [0, 0.05) is 6.92 Å². The summed E-state index contributed by atoms with van der Waals surface area (Å²) in [6, 6.07) is 3.37. The maximum absolute atomic E-state index is 14.9. The Morgan fingerprint density at radius 3 is 2.42 bits per heavy atom. The number of imide groups is 1. The number of amides is 3. The van der Waals surface area contributed by atoms with Gasteiger partial charge >= 0.3 is 18.2 Å². The molecule has 2 saturated heterocycles. The van der Waals surface area contributed by atoms with Gasteiger partial charge < -0.3 is 19.9 Å². The standard InChI is InChI=1S/C25H34FN3O9S.ClH/c1-15(2)10-22(27)23(31)36-14-37-24(32)28(16(3)30)12-19-13-29(25(33)38-19)18-4-5-20(21(26)11-18)17-6-8-39(34,35)9-7-17;/h4-5,11,15,17,19,22H,6-10,12-14,27H2,1-3H3;1H/t19-,22-;/m0./s1. The Morgan fingerprint density at radius 1 is 1.20 bits per heavy atom. The maximum atomic E-state index is 14.9. The second-order valence-electron chi connectivity index (χ2n) is 10.1. The number of nitrogens with zero attached hydrogens (tertiary/aromatic N) is 2. The zero-order valence-electron chi connectivity index (χ0n) is 22.5. The largest absolute Gasteiger partial charge is 0.442 e. The molecular formula is C25H35ClFN3O9S. The molecule has 1 aromatic carbocycles. The van der Waals surface area contributed by atoms with Crippen molar-refractivity contribution in [3.63, 3.8) is 0 Å². The molecule has 2 N–H and O–H groups in total. The van der Waals surface area contributed by atoms with Crippen LogP contribution in [0.5, 0.6) is 0 Å². The molecule has 0 unspecified atom stereocenters. The van der Waals surface area contributed by atoms with E-state index in [9.17, 15) is 32.0 Å². The first kappa shape index (κ1) is 33.2. The molecule has 0 spiro atoms. The number of benzene rings is 1. The number of anilines is 1. The number of carbonyl (C=O) groups is 4. The molecule has 3 rings (SSSR count). The van der Waals surface area contributed by atoms with E-state index in [1.165, 1.54) is 17.0 Å². The van der Waals surface area contributed by atoms with Crippen LogP contribution in [0.4, 0.5) is 19.7 Å². The van der Waals surface area contributed by atoms with Crippen molar-refractivity contribution in [3.05, 3.63) is 29.6 Å². The van der Waals surface area contributed by atoms with E-state index in [1.54, 1.807) is 6.07 Å². The lowest BCUT2D eigenvalue weighted by Crippen LogP contribution is -2.43. The predicted molar refractivity (Wildman–Crippen MR) is 144 cm³/mol. The van der Waals surface area contributed by atoms with E-state index in [-0.39, 0.29) is 54.5 Å². The fraction of sp³-hybridized carbons (Fsp3) is 0.600. The Kier molecular flexibility index (Phi) is 11.7. The average Bonchev–Trinajstić information content (AvgIpc) is 3.22. The van der Waals surface area contributed by atoms with E-state index in [0.29, 0.717) is 29.7 Å². The SMILES string of the molecule is CC(=O)N(C[C@H]1CN(c2ccc(C3CCS(=O)(=O)CC3)c(F)c2)C(=O)O1)C(=O)OCOC(=O)[C@@H](N)CC(C)C.Cl. The van der Waals surface area contributed by atoms with E-state index in [4.69, 9.17) is 19.9 Å². The first-order valence-corrected chi connectivity index (χ1v) is 14.4. The van der Waals surface area contributed by atoms with E-state index >= 15 is 0 Å². The van der Waals surface area contributed by atoms with Crippen LogP contribution in [0.1, 0.15) is 51.5 Å². The van der Waals surface area contributed by atoms with Crippen molar-refractivity contribution in [2.75, 3.05) is 36.3 Å². The molecular weight excluding hydrogens is 573 g/mol. The predicted octanol–water partition coefficient (Wildman–Crippen LogP) is 2.72. The van der Waals surface area contributed by atoms with Gasteiger partial charge in [-0.3, -0.25) is 14.5 Å². The minimum atomic E-state index is -3.09. The molecule has 12 nitrogen and oxygen atoms in total. The highest BCUT2D eigenvalue weighted by atomic mass is 35.5. The summed E-state index contributed by atoms with van der Waals surface area (Å²) in [4.78, 5) is 50.7. The van der Waals surface area contributed by atoms with Crippen molar-refractivity contribution in [2.45, 2.75) is 58.1 Å². The number of rotatable bonds is 9. The lowest BCUT2D eigenvalue weighted by atomic mass is 9.93. The lowest BCUT2D eigenvalue weighted by molar-refractivity contribution is -0.154. The fourth-order valence-corrected chi connectivity index (χ4v) is 6.00. The average molecular weight is 608 g/mol. The second kappa shape index (κ2) is 14.1. The Balaban J connectivity index is 0.00000560. The smallest absolute Gasteiger partial charge is 0.419 e. The van der Waals surface area contributed by atoms with Gasteiger partial charge in [-0.1, -0.05) is 19.9 Å². The van der Waals surface area contributed by atoms with Gasteiger partial charge in [0.25, 0.3) is 0 Å². The third-order valence-electron chi connectivity index (χ3n) is 6.56. The molecule has 0 radical (unpaired) electrons. The van der Waals surface area contributed by atoms with Crippen molar-refractivity contribution < 1.29 is 46.2 Å². The molecule has 0 bridgehead atoms. The Labute approximate surface area is 238 Å². The van der Waals surface area contributed by atoms with Crippen molar-refractivity contribution in [3.8, 4) is 0 Å². The normalized spacial score (nSPS) is 19.4. The number of hydrogen-bond donors (Lipinski definition) is 1. The topological polar surface area (TPSA) is 163 Å². The molecule has 3 amide bonds. The van der Waals surface area contributed by atoms with Gasteiger partial charge in [0.05, 0.1) is 30.3 Å². The zero-order valence-corrected chi connectivity index (χ0v) is 24.2. The van der Waals surface area contributed by atoms with Gasteiger partial charge in [0.15, 0.2) is 0 Å². The van der Waals surface area contributed by atoms with Crippen LogP contribution >= 0.6 is 12.4 Å². The molecule has 40 heavy (non-hydrogen) atoms. The number of nitrogens with two attached hydrogens (primary N) is 1. The molecule has 2 fully saturated rings. The monoisotopic (exact) mass is 607 g/mol. The number of halogens is 2. The van der Waals surface area contributed by atoms with E-state index in [0.717, 1.165) is 6.92 Å². The highest BCUT2D eigenvalue weighted by molar-refractivity contribution is 7.91. The van der Waals surface area contributed by atoms with Gasteiger partial charge in [-0.25, -0.2) is 27.3 Å². The van der Waals surface area contributed by atoms with Gasteiger partial charge in [-0.2, -0.15) is 0 Å². The van der Waals surface area contributed by atoms with Gasteiger partial charge in [0.1, 0.15) is 27.8 Å². The summed E-state index contributed by atoms with van der Waals surface area (Å²) in [5.41, 5.74) is 6.31. The second-order valence-corrected chi connectivity index (χ2v) is 12.4. The van der Waals surface area contributed by atoms with Crippen LogP contribution in [0.3, 0.4) is 0 Å². The summed E-state index contributed by atoms with van der Waals surface area (Å²) in [7, 11) is -3.09. The lowest BCUT2D eigenvalue weighted by Gasteiger charge is -2.23. The molecule has 0 saturated carbocycles. The number of carbonyl (C=O) groups excluding carboxylic acids is 4. The highest BCUT2D eigenvalue weighted by Gasteiger charge is 2.37. The Hall–Kier alpha value is -2.97. The van der Waals surface area contributed by atoms with Crippen molar-refractivity contribution in [1.29, 1.82) is 0 Å². The van der Waals surface area contributed by atoms with Crippen molar-refractivity contribution in [1.82, 2.24) is 4.90 Å². The highest BCUT2D eigenvalue weighted by Crippen LogP contribution is 2.33.